The van der Waals surface area contributed by atoms with Crippen molar-refractivity contribution in [2.24, 2.45) is 0 Å². The number of hydrogen-bond acceptors (Lipinski definition) is 6. The molecule has 6 aliphatic rings. The molecule has 8 rings (SSSR count). The molecule has 2 aliphatic heterocycles. The van der Waals surface area contributed by atoms with E-state index in [-0.39, 0.29) is 23.0 Å². The maximum atomic E-state index is 6.97. The van der Waals surface area contributed by atoms with Crippen molar-refractivity contribution in [2.45, 2.75) is 41.4 Å². The maximum absolute atomic E-state index is 6.97. The molecule has 172 valence electrons. The SMILES string of the molecule is COc1ccc2c3c1O[C@H]1C4(OC)C=C[C@@]5(c6c(OC)ccc(OC)c64)[C@@H](C2)N(C)CC[C@]315. The Labute approximate surface area is 194 Å². The topological polar surface area (TPSA) is 49.4 Å². The van der Waals surface area contributed by atoms with Gasteiger partial charge < -0.3 is 28.6 Å². The highest BCUT2D eigenvalue weighted by Crippen LogP contribution is 2.75. The number of hydrogen-bond donors (Lipinski definition) is 0. The van der Waals surface area contributed by atoms with E-state index in [1.807, 2.05) is 12.1 Å². The van der Waals surface area contributed by atoms with Crippen LogP contribution in [0.5, 0.6) is 23.0 Å². The number of ether oxygens (including phenoxy) is 5. The Morgan fingerprint density at radius 3 is 2.27 bits per heavy atom. The standard InChI is InChI=1S/C27H29NO5/c1-28-13-12-26-20-15-6-7-18(31-4)23(20)33-24(26)27(32-5)11-10-25(26,19(28)14-15)21-16(29-2)8-9-17(30-3)22(21)27/h6-11,19,24H,12-14H2,1-5H3/t19-,24-,25+,26+,27?/m1/s1. The van der Waals surface area contributed by atoms with Crippen LogP contribution >= 0.6 is 0 Å². The van der Waals surface area contributed by atoms with E-state index >= 15 is 0 Å². The van der Waals surface area contributed by atoms with Gasteiger partial charge in [0.05, 0.1) is 26.7 Å². The molecule has 2 aromatic carbocycles. The van der Waals surface area contributed by atoms with Gasteiger partial charge in [-0.3, -0.25) is 0 Å². The summed E-state index contributed by atoms with van der Waals surface area (Å²) in [6, 6.07) is 8.59. The predicted octanol–water partition coefficient (Wildman–Crippen LogP) is 3.33. The molecule has 0 amide bonds. The van der Waals surface area contributed by atoms with Crippen LogP contribution in [0, 0.1) is 0 Å². The Balaban J connectivity index is 1.69. The third-order valence-electron chi connectivity index (χ3n) is 9.32. The average Bonchev–Trinajstić information content (AvgIpc) is 3.22. The minimum Gasteiger partial charge on any atom is -0.496 e. The van der Waals surface area contributed by atoms with E-state index < -0.39 is 5.60 Å². The molecule has 5 atom stereocenters. The van der Waals surface area contributed by atoms with Gasteiger partial charge in [-0.1, -0.05) is 12.1 Å². The van der Waals surface area contributed by atoms with Crippen LogP contribution in [0.15, 0.2) is 36.4 Å². The molecule has 1 unspecified atom stereocenters. The van der Waals surface area contributed by atoms with E-state index in [9.17, 15) is 0 Å². The molecular weight excluding hydrogens is 418 g/mol. The number of benzene rings is 2. The zero-order valence-electron chi connectivity index (χ0n) is 19.7. The van der Waals surface area contributed by atoms with Crippen molar-refractivity contribution in [1.82, 2.24) is 4.90 Å². The van der Waals surface area contributed by atoms with Crippen LogP contribution in [0.2, 0.25) is 0 Å². The average molecular weight is 448 g/mol. The molecular formula is C27H29NO5. The van der Waals surface area contributed by atoms with Crippen LogP contribution in [0.3, 0.4) is 0 Å². The van der Waals surface area contributed by atoms with Crippen LogP contribution < -0.4 is 18.9 Å². The minimum atomic E-state index is -0.796. The Kier molecular flexibility index (Phi) is 3.62. The fourth-order valence-electron chi connectivity index (χ4n) is 8.18. The summed E-state index contributed by atoms with van der Waals surface area (Å²) in [7, 11) is 9.23. The largest absolute Gasteiger partial charge is 0.496 e. The second-order valence-corrected chi connectivity index (χ2v) is 9.97. The van der Waals surface area contributed by atoms with Gasteiger partial charge in [-0.15, -0.1) is 0 Å². The van der Waals surface area contributed by atoms with E-state index in [0.717, 1.165) is 47.9 Å². The fourth-order valence-corrected chi connectivity index (χ4v) is 8.18. The summed E-state index contributed by atoms with van der Waals surface area (Å²) in [4.78, 5) is 2.52. The van der Waals surface area contributed by atoms with Gasteiger partial charge in [0.25, 0.3) is 0 Å². The summed E-state index contributed by atoms with van der Waals surface area (Å²) in [6.45, 7) is 0.998. The first kappa shape index (κ1) is 19.7. The third kappa shape index (κ3) is 1.79. The Morgan fingerprint density at radius 1 is 0.879 bits per heavy atom. The highest BCUT2D eigenvalue weighted by molar-refractivity contribution is 5.75. The van der Waals surface area contributed by atoms with Crippen molar-refractivity contribution in [1.29, 1.82) is 0 Å². The molecule has 4 aliphatic carbocycles. The molecule has 2 spiro atoms. The number of likely N-dealkylation sites (tertiary alicyclic amines) is 1. The molecule has 2 aromatic rings. The molecule has 4 bridgehead atoms. The van der Waals surface area contributed by atoms with Gasteiger partial charge >= 0.3 is 0 Å². The van der Waals surface area contributed by atoms with Gasteiger partial charge in [0, 0.05) is 35.3 Å². The van der Waals surface area contributed by atoms with Gasteiger partial charge in [0.2, 0.25) is 0 Å². The Hall–Kier alpha value is -2.70. The van der Waals surface area contributed by atoms with Crippen LogP contribution in [0.25, 0.3) is 0 Å². The van der Waals surface area contributed by atoms with Gasteiger partial charge in [0.15, 0.2) is 17.1 Å². The van der Waals surface area contributed by atoms with Gasteiger partial charge in [-0.2, -0.15) is 0 Å². The highest BCUT2D eigenvalue weighted by atomic mass is 16.6. The van der Waals surface area contributed by atoms with Crippen LogP contribution in [-0.4, -0.2) is 59.1 Å². The highest BCUT2D eigenvalue weighted by Gasteiger charge is 2.79. The van der Waals surface area contributed by atoms with Crippen molar-refractivity contribution in [2.75, 3.05) is 42.0 Å². The minimum absolute atomic E-state index is 0.227. The lowest BCUT2D eigenvalue weighted by molar-refractivity contribution is -0.145. The molecule has 0 aromatic heterocycles. The lowest BCUT2D eigenvalue weighted by atomic mass is 9.37. The van der Waals surface area contributed by atoms with Crippen molar-refractivity contribution in [3.05, 3.63) is 58.7 Å². The molecule has 1 fully saturated rings. The van der Waals surface area contributed by atoms with Crippen molar-refractivity contribution in [3.8, 4) is 23.0 Å². The molecule has 0 saturated carbocycles. The zero-order valence-corrected chi connectivity index (χ0v) is 19.7. The monoisotopic (exact) mass is 447 g/mol. The van der Waals surface area contributed by atoms with Crippen molar-refractivity contribution < 1.29 is 23.7 Å². The zero-order chi connectivity index (χ0) is 22.8. The second kappa shape index (κ2) is 6.05. The molecule has 6 nitrogen and oxygen atoms in total. The molecule has 6 heteroatoms. The summed E-state index contributed by atoms with van der Waals surface area (Å²) >= 11 is 0. The molecule has 33 heavy (non-hydrogen) atoms. The summed E-state index contributed by atoms with van der Waals surface area (Å²) in [5.74, 6) is 3.36. The molecule has 1 saturated heterocycles. The smallest absolute Gasteiger partial charge is 0.166 e. The summed E-state index contributed by atoms with van der Waals surface area (Å²) < 4.78 is 31.3. The number of nitrogens with zero attached hydrogens (tertiary/aromatic N) is 1. The lowest BCUT2D eigenvalue weighted by Gasteiger charge is -2.69. The van der Waals surface area contributed by atoms with E-state index in [4.69, 9.17) is 23.7 Å². The molecule has 2 heterocycles. The lowest BCUT2D eigenvalue weighted by Crippen LogP contribution is -2.77. The normalized spacial score (nSPS) is 36.2. The number of likely N-dealkylation sites (N-methyl/N-ethyl adjacent to an activating group) is 1. The van der Waals surface area contributed by atoms with Crippen molar-refractivity contribution in [3.63, 3.8) is 0 Å². The summed E-state index contributed by atoms with van der Waals surface area (Å²) in [5.41, 5.74) is 3.47. The van der Waals surface area contributed by atoms with Crippen LogP contribution in [0.1, 0.15) is 28.7 Å². The maximum Gasteiger partial charge on any atom is 0.166 e. The van der Waals surface area contributed by atoms with E-state index in [1.165, 1.54) is 16.7 Å². The second-order valence-electron chi connectivity index (χ2n) is 9.97. The first-order valence-electron chi connectivity index (χ1n) is 11.6. The molecule has 0 radical (unpaired) electrons. The van der Waals surface area contributed by atoms with E-state index in [2.05, 4.69) is 36.2 Å². The van der Waals surface area contributed by atoms with Crippen LogP contribution in [-0.2, 0) is 27.6 Å². The van der Waals surface area contributed by atoms with Gasteiger partial charge in [0.1, 0.15) is 17.6 Å². The fraction of sp³-hybridized carbons (Fsp3) is 0.481. The van der Waals surface area contributed by atoms with Gasteiger partial charge in [-0.25, -0.2) is 0 Å². The number of rotatable bonds is 4. The van der Waals surface area contributed by atoms with Crippen LogP contribution in [0.4, 0.5) is 0 Å². The summed E-state index contributed by atoms with van der Waals surface area (Å²) in [5, 5.41) is 0. The Bertz CT molecular complexity index is 1240. The van der Waals surface area contributed by atoms with E-state index in [0.29, 0.717) is 0 Å². The molecule has 0 N–H and O–H groups in total. The number of methoxy groups -OCH3 is 4. The van der Waals surface area contributed by atoms with E-state index in [1.54, 1.807) is 28.4 Å². The van der Waals surface area contributed by atoms with Gasteiger partial charge in [-0.05, 0) is 56.3 Å². The number of piperidine rings is 1. The summed E-state index contributed by atoms with van der Waals surface area (Å²) in [6.07, 6.45) is 6.32. The Morgan fingerprint density at radius 2 is 1.58 bits per heavy atom. The third-order valence-corrected chi connectivity index (χ3v) is 9.32. The predicted molar refractivity (Wildman–Crippen MR) is 123 cm³/mol. The first-order valence-corrected chi connectivity index (χ1v) is 11.6. The quantitative estimate of drug-likeness (QED) is 0.671. The first-order chi connectivity index (χ1) is 16.0. The van der Waals surface area contributed by atoms with Crippen molar-refractivity contribution >= 4 is 0 Å².